The van der Waals surface area contributed by atoms with Gasteiger partial charge in [-0.3, -0.25) is 9.59 Å². The number of likely N-dealkylation sites (N-methyl/N-ethyl adjacent to an activating group) is 1. The van der Waals surface area contributed by atoms with E-state index in [9.17, 15) is 14.7 Å². The van der Waals surface area contributed by atoms with Gasteiger partial charge in [-0.05, 0) is 12.5 Å². The number of hydrogen-bond acceptors (Lipinski definition) is 3. The standard InChI is InChI=1S/C20H21NO3/c1-3-9-16(18(22)14-10-5-4-6-11-14)20(24)15-12-7-8-13-17(15)21(2)19(20)23/h4-8,10-13,16,24H,3,9H2,1-2H3/t16-,20+/m0/s1. The molecule has 1 N–H and O–H groups in total. The van der Waals surface area contributed by atoms with Crippen LogP contribution in [-0.4, -0.2) is 23.8 Å². The SMILES string of the molecule is CCC[C@@H](C(=O)c1ccccc1)[C@@]1(O)C(=O)N(C)c2ccccc21. The third-order valence-electron chi connectivity index (χ3n) is 4.76. The first-order valence-electron chi connectivity index (χ1n) is 8.21. The molecule has 2 atom stereocenters. The lowest BCUT2D eigenvalue weighted by molar-refractivity contribution is -0.140. The van der Waals surface area contributed by atoms with Gasteiger partial charge in [0.2, 0.25) is 0 Å². The van der Waals surface area contributed by atoms with Crippen molar-refractivity contribution >= 4 is 17.4 Å². The van der Waals surface area contributed by atoms with Crippen molar-refractivity contribution in [2.24, 2.45) is 5.92 Å². The highest BCUT2D eigenvalue weighted by molar-refractivity contribution is 6.11. The second kappa shape index (κ2) is 6.21. The smallest absolute Gasteiger partial charge is 0.264 e. The van der Waals surface area contributed by atoms with Crippen molar-refractivity contribution in [3.05, 3.63) is 65.7 Å². The highest BCUT2D eigenvalue weighted by atomic mass is 16.3. The molecule has 0 radical (unpaired) electrons. The fourth-order valence-electron chi connectivity index (χ4n) is 3.53. The lowest BCUT2D eigenvalue weighted by atomic mass is 9.75. The number of carbonyl (C=O) groups is 2. The number of aliphatic hydroxyl groups is 1. The van der Waals surface area contributed by atoms with Gasteiger partial charge in [-0.25, -0.2) is 0 Å². The van der Waals surface area contributed by atoms with E-state index < -0.39 is 17.4 Å². The Hall–Kier alpha value is -2.46. The minimum atomic E-state index is -1.81. The van der Waals surface area contributed by atoms with Crippen molar-refractivity contribution in [2.75, 3.05) is 11.9 Å². The molecule has 1 amide bonds. The highest BCUT2D eigenvalue weighted by Crippen LogP contribution is 2.46. The van der Waals surface area contributed by atoms with Gasteiger partial charge in [-0.1, -0.05) is 61.9 Å². The molecule has 3 rings (SSSR count). The van der Waals surface area contributed by atoms with E-state index >= 15 is 0 Å². The van der Waals surface area contributed by atoms with Gasteiger partial charge in [0, 0.05) is 18.2 Å². The normalized spacial score (nSPS) is 20.8. The first-order valence-corrected chi connectivity index (χ1v) is 8.21. The van der Waals surface area contributed by atoms with Crippen LogP contribution < -0.4 is 4.90 Å². The molecule has 0 spiro atoms. The number of para-hydroxylation sites is 1. The molecule has 24 heavy (non-hydrogen) atoms. The Morgan fingerprint density at radius 1 is 1.12 bits per heavy atom. The quantitative estimate of drug-likeness (QED) is 0.860. The van der Waals surface area contributed by atoms with Gasteiger partial charge in [0.25, 0.3) is 5.91 Å². The van der Waals surface area contributed by atoms with E-state index in [-0.39, 0.29) is 5.78 Å². The van der Waals surface area contributed by atoms with Crippen LogP contribution in [0.15, 0.2) is 54.6 Å². The Kier molecular flexibility index (Phi) is 4.24. The average molecular weight is 323 g/mol. The first-order chi connectivity index (χ1) is 11.5. The van der Waals surface area contributed by atoms with Crippen LogP contribution in [0.2, 0.25) is 0 Å². The molecule has 2 aromatic rings. The summed E-state index contributed by atoms with van der Waals surface area (Å²) >= 11 is 0. The molecule has 1 heterocycles. The fourth-order valence-corrected chi connectivity index (χ4v) is 3.53. The van der Waals surface area contributed by atoms with Crippen LogP contribution in [0, 0.1) is 5.92 Å². The molecular formula is C20H21NO3. The molecule has 0 saturated heterocycles. The summed E-state index contributed by atoms with van der Waals surface area (Å²) in [4.78, 5) is 27.4. The van der Waals surface area contributed by atoms with Crippen LogP contribution >= 0.6 is 0 Å². The van der Waals surface area contributed by atoms with Crippen molar-refractivity contribution < 1.29 is 14.7 Å². The molecule has 4 heteroatoms. The van der Waals surface area contributed by atoms with Gasteiger partial charge in [0.1, 0.15) is 0 Å². The molecule has 0 unspecified atom stereocenters. The van der Waals surface area contributed by atoms with E-state index in [2.05, 4.69) is 0 Å². The van der Waals surface area contributed by atoms with Crippen molar-refractivity contribution in [1.82, 2.24) is 0 Å². The summed E-state index contributed by atoms with van der Waals surface area (Å²) in [6.07, 6.45) is 1.14. The maximum Gasteiger partial charge on any atom is 0.264 e. The molecule has 4 nitrogen and oxygen atoms in total. The molecule has 0 aliphatic carbocycles. The third kappa shape index (κ3) is 2.34. The van der Waals surface area contributed by atoms with Crippen LogP contribution in [0.1, 0.15) is 35.7 Å². The summed E-state index contributed by atoms with van der Waals surface area (Å²) in [5, 5.41) is 11.4. The van der Waals surface area contributed by atoms with Crippen LogP contribution in [0.5, 0.6) is 0 Å². The second-order valence-corrected chi connectivity index (χ2v) is 6.22. The number of carbonyl (C=O) groups excluding carboxylic acids is 2. The molecule has 1 aliphatic heterocycles. The summed E-state index contributed by atoms with van der Waals surface area (Å²) in [6, 6.07) is 16.0. The number of hydrogen-bond donors (Lipinski definition) is 1. The van der Waals surface area contributed by atoms with E-state index in [1.165, 1.54) is 4.90 Å². The van der Waals surface area contributed by atoms with E-state index in [4.69, 9.17) is 0 Å². The largest absolute Gasteiger partial charge is 0.375 e. The predicted molar refractivity (Wildman–Crippen MR) is 92.9 cm³/mol. The van der Waals surface area contributed by atoms with E-state index in [0.29, 0.717) is 29.7 Å². The summed E-state index contributed by atoms with van der Waals surface area (Å²) < 4.78 is 0. The number of amides is 1. The molecular weight excluding hydrogens is 302 g/mol. The Labute approximate surface area is 141 Å². The number of rotatable bonds is 5. The Morgan fingerprint density at radius 2 is 1.75 bits per heavy atom. The van der Waals surface area contributed by atoms with E-state index in [1.54, 1.807) is 49.5 Å². The minimum absolute atomic E-state index is 0.196. The molecule has 124 valence electrons. The maximum absolute atomic E-state index is 13.1. The summed E-state index contributed by atoms with van der Waals surface area (Å²) in [6.45, 7) is 1.95. The molecule has 2 aromatic carbocycles. The van der Waals surface area contributed by atoms with E-state index in [0.717, 1.165) is 0 Å². The zero-order valence-corrected chi connectivity index (χ0v) is 13.9. The zero-order valence-electron chi connectivity index (χ0n) is 13.9. The second-order valence-electron chi connectivity index (χ2n) is 6.22. The van der Waals surface area contributed by atoms with Crippen molar-refractivity contribution in [2.45, 2.75) is 25.4 Å². The lowest BCUT2D eigenvalue weighted by Gasteiger charge is -2.30. The zero-order chi connectivity index (χ0) is 17.3. The van der Waals surface area contributed by atoms with Crippen LogP contribution in [0.25, 0.3) is 0 Å². The van der Waals surface area contributed by atoms with Gasteiger partial charge in [0.05, 0.1) is 11.6 Å². The molecule has 0 fully saturated rings. The van der Waals surface area contributed by atoms with Gasteiger partial charge >= 0.3 is 0 Å². The summed E-state index contributed by atoms with van der Waals surface area (Å²) in [7, 11) is 1.63. The third-order valence-corrected chi connectivity index (χ3v) is 4.76. The van der Waals surface area contributed by atoms with E-state index in [1.807, 2.05) is 19.1 Å². The van der Waals surface area contributed by atoms with Crippen molar-refractivity contribution in [3.63, 3.8) is 0 Å². The van der Waals surface area contributed by atoms with Gasteiger partial charge < -0.3 is 10.0 Å². The predicted octanol–water partition coefficient (Wildman–Crippen LogP) is 3.15. The Morgan fingerprint density at radius 3 is 2.42 bits per heavy atom. The number of fused-ring (bicyclic) bond motifs is 1. The minimum Gasteiger partial charge on any atom is -0.375 e. The van der Waals surface area contributed by atoms with Crippen molar-refractivity contribution in [1.29, 1.82) is 0 Å². The number of benzene rings is 2. The average Bonchev–Trinajstić information content (AvgIpc) is 2.82. The maximum atomic E-state index is 13.1. The molecule has 0 aromatic heterocycles. The van der Waals surface area contributed by atoms with Crippen LogP contribution in [-0.2, 0) is 10.4 Å². The first kappa shape index (κ1) is 16.4. The van der Waals surface area contributed by atoms with Crippen LogP contribution in [0.4, 0.5) is 5.69 Å². The number of anilines is 1. The van der Waals surface area contributed by atoms with Gasteiger partial charge in [-0.2, -0.15) is 0 Å². The van der Waals surface area contributed by atoms with Crippen molar-refractivity contribution in [3.8, 4) is 0 Å². The topological polar surface area (TPSA) is 57.6 Å². The monoisotopic (exact) mass is 323 g/mol. The summed E-state index contributed by atoms with van der Waals surface area (Å²) in [5.74, 6) is -1.44. The molecule has 1 aliphatic rings. The molecule has 0 bridgehead atoms. The Bertz CT molecular complexity index is 771. The Balaban J connectivity index is 2.11. The van der Waals surface area contributed by atoms with Gasteiger partial charge in [-0.15, -0.1) is 0 Å². The number of ketones is 1. The molecule has 0 saturated carbocycles. The van der Waals surface area contributed by atoms with Gasteiger partial charge in [0.15, 0.2) is 11.4 Å². The fraction of sp³-hybridized carbons (Fsp3) is 0.300. The van der Waals surface area contributed by atoms with Crippen LogP contribution in [0.3, 0.4) is 0 Å². The number of Topliss-reactive ketones (excluding diaryl/α,β-unsaturated/α-hetero) is 1. The summed E-state index contributed by atoms with van der Waals surface area (Å²) in [5.41, 5.74) is -0.120. The highest BCUT2D eigenvalue weighted by Gasteiger charge is 2.55. The lowest BCUT2D eigenvalue weighted by Crippen LogP contribution is -2.47. The number of nitrogens with zero attached hydrogens (tertiary/aromatic N) is 1.